The fraction of sp³-hybridized carbons (Fsp3) is 0.529. The predicted molar refractivity (Wildman–Crippen MR) is 91.8 cm³/mol. The van der Waals surface area contributed by atoms with Crippen LogP contribution in [0.15, 0.2) is 29.6 Å². The van der Waals surface area contributed by atoms with Gasteiger partial charge in [0.1, 0.15) is 0 Å². The number of hydrogen-bond acceptors (Lipinski definition) is 3. The number of thiophene rings is 2. The van der Waals surface area contributed by atoms with Crippen LogP contribution in [0.1, 0.15) is 55.3 Å². The molecule has 0 saturated carbocycles. The van der Waals surface area contributed by atoms with Crippen LogP contribution in [0.2, 0.25) is 0 Å². The minimum absolute atomic E-state index is 0.258. The lowest BCUT2D eigenvalue weighted by molar-refractivity contribution is 0.418. The Kier molecular flexibility index (Phi) is 5.05. The van der Waals surface area contributed by atoms with Gasteiger partial charge in [-0.2, -0.15) is 0 Å². The fourth-order valence-electron chi connectivity index (χ4n) is 2.22. The molecule has 110 valence electrons. The molecule has 2 heterocycles. The summed E-state index contributed by atoms with van der Waals surface area (Å²) in [5, 5.41) is 5.89. The summed E-state index contributed by atoms with van der Waals surface area (Å²) in [6.07, 6.45) is 0. The van der Waals surface area contributed by atoms with Gasteiger partial charge < -0.3 is 5.32 Å². The molecule has 2 aromatic heterocycles. The molecule has 0 bridgehead atoms. The Labute approximate surface area is 131 Å². The van der Waals surface area contributed by atoms with E-state index in [9.17, 15) is 0 Å². The molecule has 0 radical (unpaired) electrons. The van der Waals surface area contributed by atoms with Crippen molar-refractivity contribution in [2.24, 2.45) is 5.92 Å². The third-order valence-corrected chi connectivity index (χ3v) is 5.88. The van der Waals surface area contributed by atoms with Crippen LogP contribution in [0.4, 0.5) is 0 Å². The lowest BCUT2D eigenvalue weighted by Crippen LogP contribution is -2.24. The van der Waals surface area contributed by atoms with Crippen LogP contribution in [0.3, 0.4) is 0 Å². The summed E-state index contributed by atoms with van der Waals surface area (Å²) in [5.41, 5.74) is 0.258. The lowest BCUT2D eigenvalue weighted by atomic mass is 9.95. The Morgan fingerprint density at radius 3 is 2.40 bits per heavy atom. The van der Waals surface area contributed by atoms with Crippen LogP contribution in [0.25, 0.3) is 0 Å². The molecule has 0 aliphatic heterocycles. The Morgan fingerprint density at radius 1 is 1.15 bits per heavy atom. The first-order chi connectivity index (χ1) is 9.38. The first-order valence-corrected chi connectivity index (χ1v) is 8.93. The van der Waals surface area contributed by atoms with Gasteiger partial charge in [-0.05, 0) is 34.9 Å². The maximum absolute atomic E-state index is 3.72. The van der Waals surface area contributed by atoms with Gasteiger partial charge in [0.25, 0.3) is 0 Å². The van der Waals surface area contributed by atoms with E-state index in [0.717, 1.165) is 6.54 Å². The van der Waals surface area contributed by atoms with Crippen molar-refractivity contribution in [2.75, 3.05) is 0 Å². The molecule has 0 aliphatic carbocycles. The predicted octanol–water partition coefficient (Wildman–Crippen LogP) is 5.59. The minimum Gasteiger partial charge on any atom is -0.304 e. The number of nitrogens with one attached hydrogen (secondary N) is 1. The summed E-state index contributed by atoms with van der Waals surface area (Å²) < 4.78 is 0. The Morgan fingerprint density at radius 2 is 1.90 bits per heavy atom. The van der Waals surface area contributed by atoms with Gasteiger partial charge >= 0.3 is 0 Å². The van der Waals surface area contributed by atoms with Crippen molar-refractivity contribution in [3.8, 4) is 0 Å². The molecule has 1 atom stereocenters. The molecular weight excluding hydrogens is 282 g/mol. The monoisotopic (exact) mass is 307 g/mol. The third-order valence-electron chi connectivity index (χ3n) is 3.41. The van der Waals surface area contributed by atoms with Crippen LogP contribution in [-0.4, -0.2) is 0 Å². The summed E-state index contributed by atoms with van der Waals surface area (Å²) in [7, 11) is 0. The molecule has 1 nitrogen and oxygen atoms in total. The summed E-state index contributed by atoms with van der Waals surface area (Å²) in [5.74, 6) is 0.607. The third kappa shape index (κ3) is 3.94. The second-order valence-corrected chi connectivity index (χ2v) is 8.78. The van der Waals surface area contributed by atoms with E-state index in [1.807, 2.05) is 22.7 Å². The molecule has 0 aromatic carbocycles. The van der Waals surface area contributed by atoms with E-state index in [0.29, 0.717) is 12.0 Å². The Balaban J connectivity index is 2.01. The van der Waals surface area contributed by atoms with Gasteiger partial charge in [0.05, 0.1) is 0 Å². The quantitative estimate of drug-likeness (QED) is 0.758. The normalized spacial score (nSPS) is 13.9. The highest BCUT2D eigenvalue weighted by atomic mass is 32.1. The van der Waals surface area contributed by atoms with Crippen molar-refractivity contribution < 1.29 is 0 Å². The van der Waals surface area contributed by atoms with Crippen molar-refractivity contribution in [3.05, 3.63) is 44.3 Å². The van der Waals surface area contributed by atoms with Crippen molar-refractivity contribution in [1.82, 2.24) is 5.32 Å². The number of rotatable bonds is 5. The van der Waals surface area contributed by atoms with Crippen molar-refractivity contribution in [3.63, 3.8) is 0 Å². The summed E-state index contributed by atoms with van der Waals surface area (Å²) >= 11 is 3.78. The van der Waals surface area contributed by atoms with E-state index in [4.69, 9.17) is 0 Å². The fourth-order valence-corrected chi connectivity index (χ4v) is 4.21. The second-order valence-electron chi connectivity index (χ2n) is 6.63. The van der Waals surface area contributed by atoms with Gasteiger partial charge in [0, 0.05) is 27.2 Å². The van der Waals surface area contributed by atoms with E-state index >= 15 is 0 Å². The summed E-state index contributed by atoms with van der Waals surface area (Å²) in [6.45, 7) is 12.4. The zero-order valence-electron chi connectivity index (χ0n) is 13.1. The average Bonchev–Trinajstić information content (AvgIpc) is 2.97. The summed E-state index contributed by atoms with van der Waals surface area (Å²) in [6, 6.07) is 9.37. The minimum atomic E-state index is 0.258. The van der Waals surface area contributed by atoms with E-state index in [1.165, 1.54) is 14.6 Å². The molecule has 20 heavy (non-hydrogen) atoms. The van der Waals surface area contributed by atoms with E-state index < -0.39 is 0 Å². The number of hydrogen-bond donors (Lipinski definition) is 1. The lowest BCUT2D eigenvalue weighted by Gasteiger charge is -2.21. The first kappa shape index (κ1) is 15.7. The molecule has 1 unspecified atom stereocenters. The van der Waals surface area contributed by atoms with E-state index in [2.05, 4.69) is 69.6 Å². The van der Waals surface area contributed by atoms with Gasteiger partial charge in [-0.25, -0.2) is 0 Å². The molecular formula is C17H25NS2. The zero-order valence-corrected chi connectivity index (χ0v) is 14.7. The van der Waals surface area contributed by atoms with Gasteiger partial charge in [-0.3, -0.25) is 0 Å². The topological polar surface area (TPSA) is 12.0 Å². The van der Waals surface area contributed by atoms with E-state index in [-0.39, 0.29) is 5.41 Å². The molecule has 0 aliphatic rings. The van der Waals surface area contributed by atoms with Crippen molar-refractivity contribution in [1.29, 1.82) is 0 Å². The van der Waals surface area contributed by atoms with Crippen LogP contribution in [0.5, 0.6) is 0 Å². The molecule has 0 saturated heterocycles. The second kappa shape index (κ2) is 6.42. The zero-order chi connectivity index (χ0) is 14.8. The van der Waals surface area contributed by atoms with Crippen molar-refractivity contribution in [2.45, 2.75) is 52.6 Å². The van der Waals surface area contributed by atoms with Crippen LogP contribution < -0.4 is 5.32 Å². The molecule has 0 fully saturated rings. The van der Waals surface area contributed by atoms with Gasteiger partial charge in [-0.1, -0.05) is 40.7 Å². The van der Waals surface area contributed by atoms with Crippen LogP contribution in [-0.2, 0) is 12.0 Å². The van der Waals surface area contributed by atoms with Crippen LogP contribution in [0, 0.1) is 5.92 Å². The van der Waals surface area contributed by atoms with E-state index in [1.54, 1.807) is 0 Å². The maximum Gasteiger partial charge on any atom is 0.0440 e. The molecule has 0 amide bonds. The first-order valence-electron chi connectivity index (χ1n) is 7.24. The Hall–Kier alpha value is -0.640. The largest absolute Gasteiger partial charge is 0.304 e. The molecule has 3 heteroatoms. The highest BCUT2D eigenvalue weighted by molar-refractivity contribution is 7.12. The van der Waals surface area contributed by atoms with Crippen molar-refractivity contribution >= 4 is 22.7 Å². The molecule has 0 spiro atoms. The van der Waals surface area contributed by atoms with Gasteiger partial charge in [-0.15, -0.1) is 22.7 Å². The Bertz CT molecular complexity index is 517. The highest BCUT2D eigenvalue weighted by Gasteiger charge is 2.18. The maximum atomic E-state index is 3.72. The highest BCUT2D eigenvalue weighted by Crippen LogP contribution is 2.31. The van der Waals surface area contributed by atoms with Gasteiger partial charge in [0.15, 0.2) is 0 Å². The smallest absolute Gasteiger partial charge is 0.0440 e. The summed E-state index contributed by atoms with van der Waals surface area (Å²) in [4.78, 5) is 4.33. The molecule has 2 rings (SSSR count). The van der Waals surface area contributed by atoms with Crippen LogP contribution >= 0.6 is 22.7 Å². The standard InChI is InChI=1S/C17H25NS2/c1-12(2)16(14-7-6-10-19-14)18-11-13-8-9-15(20-13)17(3,4)5/h6-10,12,16,18H,11H2,1-5H3. The molecule has 1 N–H and O–H groups in total. The average molecular weight is 308 g/mol. The molecule has 2 aromatic rings. The SMILES string of the molecule is CC(C)C(NCc1ccc(C(C)(C)C)s1)c1cccs1. The van der Waals surface area contributed by atoms with Gasteiger partial charge in [0.2, 0.25) is 0 Å².